The van der Waals surface area contributed by atoms with E-state index in [1.54, 1.807) is 0 Å². The van der Waals surface area contributed by atoms with Gasteiger partial charge in [-0.25, -0.2) is 0 Å². The van der Waals surface area contributed by atoms with E-state index >= 15 is 0 Å². The molecule has 1 nitrogen and oxygen atoms in total. The first-order valence-corrected chi connectivity index (χ1v) is 4.11. The number of rotatable bonds is 0. The molecule has 3 atom stereocenters. The molecule has 1 heteroatoms. The van der Waals surface area contributed by atoms with Gasteiger partial charge in [0.2, 0.25) is 0 Å². The molecule has 0 aliphatic heterocycles. The molecule has 0 spiro atoms. The molecule has 0 aromatic rings. The van der Waals surface area contributed by atoms with Gasteiger partial charge in [0.25, 0.3) is 0 Å². The Balaban J connectivity index is 2.48. The topological polar surface area (TPSA) is 20.2 Å². The Morgan fingerprint density at radius 2 is 1.80 bits per heavy atom. The van der Waals surface area contributed by atoms with Crippen molar-refractivity contribution in [1.29, 1.82) is 0 Å². The van der Waals surface area contributed by atoms with Crippen molar-refractivity contribution in [2.75, 3.05) is 0 Å². The Morgan fingerprint density at radius 3 is 1.90 bits per heavy atom. The zero-order valence-electron chi connectivity index (χ0n) is 7.39. The minimum Gasteiger partial charge on any atom is -0.393 e. The van der Waals surface area contributed by atoms with Gasteiger partial charge in [-0.3, -0.25) is 0 Å². The van der Waals surface area contributed by atoms with E-state index in [1.165, 1.54) is 0 Å². The van der Waals surface area contributed by atoms with Crippen LogP contribution in [-0.4, -0.2) is 11.2 Å². The first-order chi connectivity index (χ1) is 4.43. The van der Waals surface area contributed by atoms with E-state index in [9.17, 15) is 5.11 Å². The van der Waals surface area contributed by atoms with Crippen LogP contribution < -0.4 is 0 Å². The lowest BCUT2D eigenvalue weighted by atomic mass is 9.60. The molecule has 1 rings (SSSR count). The van der Waals surface area contributed by atoms with E-state index in [0.29, 0.717) is 11.3 Å². The standard InChI is InChI=1S/C9H18O/c1-6-7(5-8(6)10)9(2,3)4/h6-8,10H,5H2,1-4H3. The molecule has 1 aliphatic rings. The summed E-state index contributed by atoms with van der Waals surface area (Å²) in [4.78, 5) is 0. The third-order valence-electron chi connectivity index (χ3n) is 2.85. The quantitative estimate of drug-likeness (QED) is 0.549. The SMILES string of the molecule is CC1C(O)CC1C(C)(C)C. The third kappa shape index (κ3) is 1.20. The molecule has 10 heavy (non-hydrogen) atoms. The van der Waals surface area contributed by atoms with E-state index < -0.39 is 0 Å². The van der Waals surface area contributed by atoms with Gasteiger partial charge in [-0.2, -0.15) is 0 Å². The van der Waals surface area contributed by atoms with Crippen LogP contribution in [0.2, 0.25) is 0 Å². The maximum absolute atomic E-state index is 9.25. The van der Waals surface area contributed by atoms with Crippen molar-refractivity contribution in [3.05, 3.63) is 0 Å². The zero-order valence-corrected chi connectivity index (χ0v) is 7.39. The van der Waals surface area contributed by atoms with Crippen LogP contribution in [0.15, 0.2) is 0 Å². The largest absolute Gasteiger partial charge is 0.393 e. The fraction of sp³-hybridized carbons (Fsp3) is 1.00. The summed E-state index contributed by atoms with van der Waals surface area (Å²) < 4.78 is 0. The summed E-state index contributed by atoms with van der Waals surface area (Å²) in [6.45, 7) is 8.89. The second-order valence-corrected chi connectivity index (χ2v) is 4.63. The van der Waals surface area contributed by atoms with Crippen LogP contribution >= 0.6 is 0 Å². The molecule has 0 amide bonds. The molecule has 0 heterocycles. The summed E-state index contributed by atoms with van der Waals surface area (Å²) >= 11 is 0. The molecule has 0 aromatic heterocycles. The van der Waals surface area contributed by atoms with Gasteiger partial charge in [-0.05, 0) is 23.7 Å². The van der Waals surface area contributed by atoms with Gasteiger partial charge in [0.05, 0.1) is 6.10 Å². The van der Waals surface area contributed by atoms with E-state index in [2.05, 4.69) is 27.7 Å². The van der Waals surface area contributed by atoms with Crippen LogP contribution in [0.1, 0.15) is 34.1 Å². The molecule has 60 valence electrons. The highest BCUT2D eigenvalue weighted by atomic mass is 16.3. The average molecular weight is 142 g/mol. The summed E-state index contributed by atoms with van der Waals surface area (Å²) in [5.41, 5.74) is 0.388. The summed E-state index contributed by atoms with van der Waals surface area (Å²) in [6, 6.07) is 0. The van der Waals surface area contributed by atoms with Crippen molar-refractivity contribution in [2.45, 2.75) is 40.2 Å². The van der Waals surface area contributed by atoms with Crippen molar-refractivity contribution in [2.24, 2.45) is 17.3 Å². The fourth-order valence-corrected chi connectivity index (χ4v) is 1.90. The van der Waals surface area contributed by atoms with Gasteiger partial charge >= 0.3 is 0 Å². The van der Waals surface area contributed by atoms with Crippen LogP contribution in [-0.2, 0) is 0 Å². The highest BCUT2D eigenvalue weighted by Crippen LogP contribution is 2.45. The highest BCUT2D eigenvalue weighted by molar-refractivity contribution is 4.92. The van der Waals surface area contributed by atoms with Gasteiger partial charge in [0.15, 0.2) is 0 Å². The van der Waals surface area contributed by atoms with Crippen molar-refractivity contribution in [3.8, 4) is 0 Å². The molecule has 0 saturated heterocycles. The van der Waals surface area contributed by atoms with Crippen LogP contribution in [0.4, 0.5) is 0 Å². The van der Waals surface area contributed by atoms with Gasteiger partial charge in [0, 0.05) is 0 Å². The summed E-state index contributed by atoms with van der Waals surface area (Å²) in [5, 5.41) is 9.25. The number of hydrogen-bond donors (Lipinski definition) is 1. The third-order valence-corrected chi connectivity index (χ3v) is 2.85. The Hall–Kier alpha value is -0.0400. The minimum atomic E-state index is -0.0239. The highest BCUT2D eigenvalue weighted by Gasteiger charge is 2.42. The molecule has 1 aliphatic carbocycles. The van der Waals surface area contributed by atoms with Crippen LogP contribution in [0.5, 0.6) is 0 Å². The maximum atomic E-state index is 9.25. The van der Waals surface area contributed by atoms with Crippen molar-refractivity contribution >= 4 is 0 Å². The lowest BCUT2D eigenvalue weighted by molar-refractivity contribution is -0.0706. The van der Waals surface area contributed by atoms with Gasteiger partial charge in [-0.1, -0.05) is 27.7 Å². The smallest absolute Gasteiger partial charge is 0.0571 e. The minimum absolute atomic E-state index is 0.0239. The van der Waals surface area contributed by atoms with Crippen molar-refractivity contribution in [1.82, 2.24) is 0 Å². The lowest BCUT2D eigenvalue weighted by Gasteiger charge is -2.47. The average Bonchev–Trinajstić information content (AvgIpc) is 1.79. The van der Waals surface area contributed by atoms with Gasteiger partial charge in [-0.15, -0.1) is 0 Å². The molecule has 0 aromatic carbocycles. The predicted octanol–water partition coefficient (Wildman–Crippen LogP) is 2.05. The summed E-state index contributed by atoms with van der Waals surface area (Å²) in [6.07, 6.45) is 0.981. The molecular weight excluding hydrogens is 124 g/mol. The fourth-order valence-electron chi connectivity index (χ4n) is 1.90. The monoisotopic (exact) mass is 142 g/mol. The first kappa shape index (κ1) is 8.06. The van der Waals surface area contributed by atoms with Crippen LogP contribution in [0.25, 0.3) is 0 Å². The normalized spacial score (nSPS) is 41.1. The number of aliphatic hydroxyl groups is 1. The molecule has 1 N–H and O–H groups in total. The first-order valence-electron chi connectivity index (χ1n) is 4.11. The summed E-state index contributed by atoms with van der Waals surface area (Å²) in [7, 11) is 0. The van der Waals surface area contributed by atoms with Crippen LogP contribution in [0, 0.1) is 17.3 Å². The number of hydrogen-bond acceptors (Lipinski definition) is 1. The van der Waals surface area contributed by atoms with Crippen LogP contribution in [0.3, 0.4) is 0 Å². The Labute approximate surface area is 63.4 Å². The Bertz CT molecular complexity index is 123. The Morgan fingerprint density at radius 1 is 1.30 bits per heavy atom. The van der Waals surface area contributed by atoms with E-state index in [0.717, 1.165) is 12.3 Å². The van der Waals surface area contributed by atoms with Crippen molar-refractivity contribution < 1.29 is 5.11 Å². The second kappa shape index (κ2) is 2.23. The van der Waals surface area contributed by atoms with Crippen molar-refractivity contribution in [3.63, 3.8) is 0 Å². The molecule has 0 radical (unpaired) electrons. The van der Waals surface area contributed by atoms with E-state index in [1.807, 2.05) is 0 Å². The lowest BCUT2D eigenvalue weighted by Crippen LogP contribution is -2.45. The Kier molecular flexibility index (Phi) is 1.80. The van der Waals surface area contributed by atoms with Gasteiger partial charge < -0.3 is 5.11 Å². The van der Waals surface area contributed by atoms with E-state index in [-0.39, 0.29) is 6.10 Å². The molecule has 0 bridgehead atoms. The van der Waals surface area contributed by atoms with Gasteiger partial charge in [0.1, 0.15) is 0 Å². The second-order valence-electron chi connectivity index (χ2n) is 4.63. The summed E-state index contributed by atoms with van der Waals surface area (Å²) in [5.74, 6) is 1.24. The molecular formula is C9H18O. The van der Waals surface area contributed by atoms with E-state index in [4.69, 9.17) is 0 Å². The molecule has 1 saturated carbocycles. The predicted molar refractivity (Wildman–Crippen MR) is 42.7 cm³/mol. The molecule has 1 fully saturated rings. The zero-order chi connectivity index (χ0) is 7.94. The maximum Gasteiger partial charge on any atom is 0.0571 e. The number of aliphatic hydroxyl groups excluding tert-OH is 1. The molecule has 3 unspecified atom stereocenters.